The molecule has 174 valence electrons. The number of nitrogens with zero attached hydrogens (tertiary/aromatic N) is 1. The van der Waals surface area contributed by atoms with Crippen molar-refractivity contribution in [2.75, 3.05) is 30.4 Å². The summed E-state index contributed by atoms with van der Waals surface area (Å²) in [6, 6.07) is 23.2. The van der Waals surface area contributed by atoms with E-state index in [0.717, 1.165) is 30.8 Å². The normalized spacial score (nSPS) is 12.4. The van der Waals surface area contributed by atoms with Gasteiger partial charge >= 0.3 is 5.97 Å². The van der Waals surface area contributed by atoms with Crippen LogP contribution in [0, 0.1) is 0 Å². The van der Waals surface area contributed by atoms with E-state index in [4.69, 9.17) is 0 Å². The summed E-state index contributed by atoms with van der Waals surface area (Å²) in [7, 11) is 1.27. The molecule has 0 aromatic heterocycles. The Labute approximate surface area is 198 Å². The molecule has 1 aliphatic heterocycles. The van der Waals surface area contributed by atoms with Gasteiger partial charge in [-0.15, -0.1) is 0 Å². The van der Waals surface area contributed by atoms with E-state index >= 15 is 0 Å². The lowest BCUT2D eigenvalue weighted by molar-refractivity contribution is -0.141. The van der Waals surface area contributed by atoms with Crippen LogP contribution in [0.25, 0.3) is 0 Å². The van der Waals surface area contributed by atoms with Gasteiger partial charge in [-0.1, -0.05) is 36.4 Å². The molecule has 1 aliphatic rings. The zero-order valence-corrected chi connectivity index (χ0v) is 19.0. The lowest BCUT2D eigenvalue weighted by Gasteiger charge is -2.30. The molecule has 0 unspecified atom stereocenters. The molecule has 0 bridgehead atoms. The molecule has 3 aromatic rings. The van der Waals surface area contributed by atoms with Crippen molar-refractivity contribution in [3.05, 3.63) is 95.1 Å². The van der Waals surface area contributed by atoms with E-state index < -0.39 is 5.97 Å². The second kappa shape index (κ2) is 10.7. The summed E-state index contributed by atoms with van der Waals surface area (Å²) in [5, 5.41) is 5.38. The van der Waals surface area contributed by atoms with Crippen LogP contribution in [0.15, 0.2) is 72.8 Å². The summed E-state index contributed by atoms with van der Waals surface area (Å²) in [6.45, 7) is 1.66. The van der Waals surface area contributed by atoms with Crippen molar-refractivity contribution in [3.63, 3.8) is 0 Å². The molecule has 2 amide bonds. The first-order valence-electron chi connectivity index (χ1n) is 11.2. The molecular formula is C27H27N3O4. The minimum atomic E-state index is -0.499. The Morgan fingerprint density at radius 2 is 1.62 bits per heavy atom. The average molecular weight is 458 g/mol. The summed E-state index contributed by atoms with van der Waals surface area (Å²) in [6.07, 6.45) is 1.15. The van der Waals surface area contributed by atoms with Crippen molar-refractivity contribution >= 4 is 29.2 Å². The number of hydrogen-bond acceptors (Lipinski definition) is 5. The number of amides is 2. The van der Waals surface area contributed by atoms with Crippen LogP contribution in [-0.4, -0.2) is 38.0 Å². The molecule has 3 aromatic carbocycles. The Bertz CT molecular complexity index is 1170. The lowest BCUT2D eigenvalue weighted by Crippen LogP contribution is -2.31. The van der Waals surface area contributed by atoms with E-state index in [1.165, 1.54) is 18.2 Å². The lowest BCUT2D eigenvalue weighted by atomic mass is 9.99. The number of fused-ring (bicyclic) bond motifs is 1. The van der Waals surface area contributed by atoms with Crippen LogP contribution >= 0.6 is 0 Å². The number of carbonyl (C=O) groups excluding carboxylic acids is 3. The Morgan fingerprint density at radius 1 is 0.912 bits per heavy atom. The number of ether oxygens (including phenoxy) is 1. The second-order valence-electron chi connectivity index (χ2n) is 8.17. The molecule has 0 fully saturated rings. The van der Waals surface area contributed by atoms with Gasteiger partial charge in [-0.05, 0) is 59.5 Å². The van der Waals surface area contributed by atoms with Gasteiger partial charge in [0.15, 0.2) is 0 Å². The molecule has 0 saturated heterocycles. The van der Waals surface area contributed by atoms with Crippen LogP contribution in [-0.2, 0) is 33.7 Å². The fraction of sp³-hybridized carbons (Fsp3) is 0.222. The predicted octanol–water partition coefficient (Wildman–Crippen LogP) is 3.33. The molecule has 0 radical (unpaired) electrons. The van der Waals surface area contributed by atoms with E-state index in [1.54, 1.807) is 24.3 Å². The van der Waals surface area contributed by atoms with E-state index in [2.05, 4.69) is 44.5 Å². The van der Waals surface area contributed by atoms with Crippen LogP contribution in [0.5, 0.6) is 0 Å². The fourth-order valence-corrected chi connectivity index (χ4v) is 3.94. The van der Waals surface area contributed by atoms with Gasteiger partial charge in [-0.3, -0.25) is 14.4 Å². The number of carbonyl (C=O) groups is 3. The number of hydrogen-bond donors (Lipinski definition) is 2. The summed E-state index contributed by atoms with van der Waals surface area (Å²) >= 11 is 0. The summed E-state index contributed by atoms with van der Waals surface area (Å²) in [5.41, 5.74) is 5.84. The van der Waals surface area contributed by atoms with Gasteiger partial charge in [0.25, 0.3) is 5.91 Å². The summed E-state index contributed by atoms with van der Waals surface area (Å²) in [4.78, 5) is 38.0. The molecule has 34 heavy (non-hydrogen) atoms. The monoisotopic (exact) mass is 457 g/mol. The molecular weight excluding hydrogens is 430 g/mol. The molecule has 4 rings (SSSR count). The number of nitrogens with one attached hydrogen (secondary N) is 2. The van der Waals surface area contributed by atoms with Gasteiger partial charge < -0.3 is 20.3 Å². The zero-order valence-electron chi connectivity index (χ0n) is 19.0. The molecule has 7 heteroatoms. The third-order valence-electron chi connectivity index (χ3n) is 5.86. The maximum absolute atomic E-state index is 12.7. The molecule has 0 aliphatic carbocycles. The van der Waals surface area contributed by atoms with Gasteiger partial charge in [-0.2, -0.15) is 0 Å². The minimum absolute atomic E-state index is 0.133. The highest BCUT2D eigenvalue weighted by molar-refractivity contribution is 6.04. The Hall–Kier alpha value is -4.13. The Morgan fingerprint density at radius 3 is 2.32 bits per heavy atom. The Balaban J connectivity index is 1.31. The SMILES string of the molecule is COC(=O)CNC(=O)Cc1ccc(NC(=O)c2ccc(N3CCc4ccccc4C3)cc2)cc1. The van der Waals surface area contributed by atoms with Crippen LogP contribution in [0.4, 0.5) is 11.4 Å². The third kappa shape index (κ3) is 5.81. The molecule has 2 N–H and O–H groups in total. The highest BCUT2D eigenvalue weighted by Gasteiger charge is 2.16. The van der Waals surface area contributed by atoms with E-state index in [-0.39, 0.29) is 24.8 Å². The topological polar surface area (TPSA) is 87.7 Å². The second-order valence-corrected chi connectivity index (χ2v) is 8.17. The Kier molecular flexibility index (Phi) is 7.22. The summed E-state index contributed by atoms with van der Waals surface area (Å²) < 4.78 is 4.49. The first kappa shape index (κ1) is 23.0. The van der Waals surface area contributed by atoms with Crippen molar-refractivity contribution in [1.82, 2.24) is 5.32 Å². The minimum Gasteiger partial charge on any atom is -0.468 e. The highest BCUT2D eigenvalue weighted by atomic mass is 16.5. The molecule has 0 saturated carbocycles. The van der Waals surface area contributed by atoms with Crippen LogP contribution < -0.4 is 15.5 Å². The molecule has 1 heterocycles. The fourth-order valence-electron chi connectivity index (χ4n) is 3.94. The van der Waals surface area contributed by atoms with Crippen LogP contribution in [0.1, 0.15) is 27.0 Å². The van der Waals surface area contributed by atoms with Crippen LogP contribution in [0.2, 0.25) is 0 Å². The molecule has 7 nitrogen and oxygen atoms in total. The smallest absolute Gasteiger partial charge is 0.325 e. The van der Waals surface area contributed by atoms with Crippen molar-refractivity contribution in [3.8, 4) is 0 Å². The van der Waals surface area contributed by atoms with Gasteiger partial charge in [-0.25, -0.2) is 0 Å². The average Bonchev–Trinajstić information content (AvgIpc) is 2.88. The quantitative estimate of drug-likeness (QED) is 0.532. The largest absolute Gasteiger partial charge is 0.468 e. The van der Waals surface area contributed by atoms with Gasteiger partial charge in [0.1, 0.15) is 6.54 Å². The van der Waals surface area contributed by atoms with Gasteiger partial charge in [0.05, 0.1) is 13.5 Å². The van der Waals surface area contributed by atoms with E-state index in [1.807, 2.05) is 24.3 Å². The first-order valence-corrected chi connectivity index (χ1v) is 11.2. The molecule has 0 spiro atoms. The van der Waals surface area contributed by atoms with Crippen molar-refractivity contribution in [2.24, 2.45) is 0 Å². The third-order valence-corrected chi connectivity index (χ3v) is 5.86. The van der Waals surface area contributed by atoms with Gasteiger partial charge in [0, 0.05) is 30.0 Å². The van der Waals surface area contributed by atoms with Gasteiger partial charge in [0.2, 0.25) is 5.91 Å². The number of rotatable bonds is 7. The maximum Gasteiger partial charge on any atom is 0.325 e. The summed E-state index contributed by atoms with van der Waals surface area (Å²) in [5.74, 6) is -0.973. The number of benzene rings is 3. The number of esters is 1. The number of methoxy groups -OCH3 is 1. The van der Waals surface area contributed by atoms with Crippen molar-refractivity contribution in [2.45, 2.75) is 19.4 Å². The standard InChI is InChI=1S/C27H27N3O4/c1-34-26(32)17-28-25(31)16-19-6-10-23(11-7-19)29-27(33)21-8-12-24(13-9-21)30-15-14-20-4-2-3-5-22(20)18-30/h2-13H,14-18H2,1H3,(H,28,31)(H,29,33). The molecule has 0 atom stereocenters. The van der Waals surface area contributed by atoms with Crippen molar-refractivity contribution < 1.29 is 19.1 Å². The van der Waals surface area contributed by atoms with Crippen molar-refractivity contribution in [1.29, 1.82) is 0 Å². The predicted molar refractivity (Wildman–Crippen MR) is 131 cm³/mol. The highest BCUT2D eigenvalue weighted by Crippen LogP contribution is 2.25. The first-order chi connectivity index (χ1) is 16.5. The van der Waals surface area contributed by atoms with E-state index in [9.17, 15) is 14.4 Å². The van der Waals surface area contributed by atoms with E-state index in [0.29, 0.717) is 11.3 Å². The number of anilines is 2. The van der Waals surface area contributed by atoms with Crippen LogP contribution in [0.3, 0.4) is 0 Å². The zero-order chi connectivity index (χ0) is 23.9. The maximum atomic E-state index is 12.7.